The first-order valence-corrected chi connectivity index (χ1v) is 7.25. The van der Waals surface area contributed by atoms with Crippen LogP contribution in [0.3, 0.4) is 0 Å². The molecule has 1 amide bonds. The van der Waals surface area contributed by atoms with Gasteiger partial charge in [0.05, 0.1) is 12.2 Å². The van der Waals surface area contributed by atoms with Gasteiger partial charge in [-0.05, 0) is 38.1 Å². The number of carbonyl (C=O) groups excluding carboxylic acids is 2. The molecule has 1 aliphatic heterocycles. The minimum absolute atomic E-state index is 0.0228. The highest BCUT2D eigenvalue weighted by molar-refractivity contribution is 5.94. The summed E-state index contributed by atoms with van der Waals surface area (Å²) in [6, 6.07) is 6.67. The maximum atomic E-state index is 12.4. The molecule has 0 aliphatic carbocycles. The first-order chi connectivity index (χ1) is 9.99. The predicted molar refractivity (Wildman–Crippen MR) is 78.3 cm³/mol. The quantitative estimate of drug-likeness (QED) is 0.633. The summed E-state index contributed by atoms with van der Waals surface area (Å²) in [7, 11) is 0. The van der Waals surface area contributed by atoms with Gasteiger partial charge in [-0.25, -0.2) is 0 Å². The molecule has 0 saturated carbocycles. The Morgan fingerprint density at radius 3 is 2.29 bits per heavy atom. The van der Waals surface area contributed by atoms with Gasteiger partial charge in [-0.1, -0.05) is 6.92 Å². The lowest BCUT2D eigenvalue weighted by molar-refractivity contribution is -0.134. The third kappa shape index (κ3) is 4.04. The van der Waals surface area contributed by atoms with Gasteiger partial charge in [0.1, 0.15) is 5.75 Å². The van der Waals surface area contributed by atoms with E-state index in [-0.39, 0.29) is 24.1 Å². The summed E-state index contributed by atoms with van der Waals surface area (Å²) in [5.74, 6) is 0.150. The van der Waals surface area contributed by atoms with Gasteiger partial charge in [0, 0.05) is 25.1 Å². The molecule has 5 nitrogen and oxygen atoms in total. The van der Waals surface area contributed by atoms with Crippen molar-refractivity contribution < 1.29 is 19.1 Å². The second-order valence-corrected chi connectivity index (χ2v) is 5.32. The molecule has 0 aromatic heterocycles. The smallest absolute Gasteiger partial charge is 0.310 e. The highest BCUT2D eigenvalue weighted by atomic mass is 16.5. The van der Waals surface area contributed by atoms with E-state index in [2.05, 4.69) is 0 Å². The number of hydrogen-bond donors (Lipinski definition) is 0. The van der Waals surface area contributed by atoms with E-state index < -0.39 is 0 Å². The number of hydrogen-bond acceptors (Lipinski definition) is 4. The van der Waals surface area contributed by atoms with Crippen LogP contribution in [0.25, 0.3) is 0 Å². The first-order valence-electron chi connectivity index (χ1n) is 7.25. The highest BCUT2D eigenvalue weighted by Gasteiger charge is 2.26. The molecule has 5 heteroatoms. The van der Waals surface area contributed by atoms with Crippen LogP contribution >= 0.6 is 0 Å². The normalized spacial score (nSPS) is 22.0. The third-order valence-corrected chi connectivity index (χ3v) is 3.33. The molecule has 0 bridgehead atoms. The second kappa shape index (κ2) is 6.72. The fraction of sp³-hybridized carbons (Fsp3) is 0.500. The maximum absolute atomic E-state index is 12.4. The number of ether oxygens (including phenoxy) is 2. The number of esters is 1. The summed E-state index contributed by atoms with van der Waals surface area (Å²) in [4.78, 5) is 25.4. The molecule has 1 saturated heterocycles. The average Bonchev–Trinajstić information content (AvgIpc) is 2.46. The molecule has 2 rings (SSSR count). The van der Waals surface area contributed by atoms with E-state index in [9.17, 15) is 9.59 Å². The fourth-order valence-corrected chi connectivity index (χ4v) is 2.40. The maximum Gasteiger partial charge on any atom is 0.310 e. The number of morpholine rings is 1. The van der Waals surface area contributed by atoms with Crippen molar-refractivity contribution in [3.05, 3.63) is 29.8 Å². The second-order valence-electron chi connectivity index (χ2n) is 5.32. The Morgan fingerprint density at radius 2 is 1.76 bits per heavy atom. The molecule has 0 N–H and O–H groups in total. The molecular formula is C16H21NO4. The molecule has 21 heavy (non-hydrogen) atoms. The van der Waals surface area contributed by atoms with Crippen LogP contribution in [0.1, 0.15) is 37.6 Å². The summed E-state index contributed by atoms with van der Waals surface area (Å²) >= 11 is 0. The van der Waals surface area contributed by atoms with Crippen molar-refractivity contribution in [1.29, 1.82) is 0 Å². The van der Waals surface area contributed by atoms with Crippen molar-refractivity contribution in [3.8, 4) is 5.75 Å². The van der Waals surface area contributed by atoms with Gasteiger partial charge >= 0.3 is 5.97 Å². The standard InChI is InChI=1S/C16H21NO4/c1-4-15(18)21-14-7-5-13(6-8-14)16(19)17-9-11(2)20-12(3)10-17/h5-8,11-12H,4,9-10H2,1-3H3/t11-,12-/m1/s1. The Balaban J connectivity index is 2.04. The lowest BCUT2D eigenvalue weighted by Crippen LogP contribution is -2.48. The van der Waals surface area contributed by atoms with Crippen molar-refractivity contribution in [3.63, 3.8) is 0 Å². The van der Waals surface area contributed by atoms with Gasteiger partial charge < -0.3 is 14.4 Å². The van der Waals surface area contributed by atoms with E-state index >= 15 is 0 Å². The summed E-state index contributed by atoms with van der Waals surface area (Å²) in [6.45, 7) is 6.85. The number of nitrogens with zero attached hydrogens (tertiary/aromatic N) is 1. The van der Waals surface area contributed by atoms with Gasteiger partial charge in [0.2, 0.25) is 0 Å². The van der Waals surface area contributed by atoms with Gasteiger partial charge in [-0.15, -0.1) is 0 Å². The van der Waals surface area contributed by atoms with Crippen LogP contribution in [0.2, 0.25) is 0 Å². The number of rotatable bonds is 3. The SMILES string of the molecule is CCC(=O)Oc1ccc(C(=O)N2C[C@@H](C)O[C@H](C)C2)cc1. The lowest BCUT2D eigenvalue weighted by Gasteiger charge is -2.35. The van der Waals surface area contributed by atoms with Crippen molar-refractivity contribution in [2.45, 2.75) is 39.4 Å². The van der Waals surface area contributed by atoms with E-state index in [0.29, 0.717) is 30.8 Å². The number of carbonyl (C=O) groups is 2. The first kappa shape index (κ1) is 15.5. The van der Waals surface area contributed by atoms with Crippen LogP contribution in [0.15, 0.2) is 24.3 Å². The molecule has 2 atom stereocenters. The summed E-state index contributed by atoms with van der Waals surface area (Å²) in [5, 5.41) is 0. The Hall–Kier alpha value is -1.88. The topological polar surface area (TPSA) is 55.8 Å². The molecule has 1 fully saturated rings. The Labute approximate surface area is 124 Å². The molecule has 1 aliphatic rings. The largest absolute Gasteiger partial charge is 0.427 e. The summed E-state index contributed by atoms with van der Waals surface area (Å²) < 4.78 is 10.7. The van der Waals surface area contributed by atoms with E-state index in [4.69, 9.17) is 9.47 Å². The van der Waals surface area contributed by atoms with E-state index in [1.54, 1.807) is 36.1 Å². The molecule has 1 aromatic rings. The molecule has 0 radical (unpaired) electrons. The van der Waals surface area contributed by atoms with E-state index in [1.807, 2.05) is 13.8 Å². The Bertz CT molecular complexity index is 502. The number of benzene rings is 1. The van der Waals surface area contributed by atoms with Crippen molar-refractivity contribution in [1.82, 2.24) is 4.90 Å². The summed E-state index contributed by atoms with van der Waals surface area (Å²) in [6.07, 6.45) is 0.412. The Kier molecular flexibility index (Phi) is 4.96. The zero-order valence-electron chi connectivity index (χ0n) is 12.7. The van der Waals surface area contributed by atoms with Gasteiger partial charge in [0.25, 0.3) is 5.91 Å². The molecule has 1 heterocycles. The van der Waals surface area contributed by atoms with E-state index in [0.717, 1.165) is 0 Å². The molecule has 0 spiro atoms. The zero-order chi connectivity index (χ0) is 15.4. The van der Waals surface area contributed by atoms with E-state index in [1.165, 1.54) is 0 Å². The van der Waals surface area contributed by atoms with Crippen LogP contribution in [0, 0.1) is 0 Å². The van der Waals surface area contributed by atoms with Crippen LogP contribution in [-0.4, -0.2) is 42.1 Å². The Morgan fingerprint density at radius 1 is 1.19 bits per heavy atom. The minimum Gasteiger partial charge on any atom is -0.427 e. The predicted octanol–water partition coefficient (Wildman–Crippen LogP) is 2.25. The molecule has 0 unspecified atom stereocenters. The van der Waals surface area contributed by atoms with Crippen molar-refractivity contribution in [2.75, 3.05) is 13.1 Å². The lowest BCUT2D eigenvalue weighted by atomic mass is 10.1. The van der Waals surface area contributed by atoms with Crippen LogP contribution < -0.4 is 4.74 Å². The highest BCUT2D eigenvalue weighted by Crippen LogP contribution is 2.17. The van der Waals surface area contributed by atoms with Crippen molar-refractivity contribution >= 4 is 11.9 Å². The van der Waals surface area contributed by atoms with Crippen LogP contribution in [0.5, 0.6) is 5.75 Å². The monoisotopic (exact) mass is 291 g/mol. The van der Waals surface area contributed by atoms with Crippen molar-refractivity contribution in [2.24, 2.45) is 0 Å². The minimum atomic E-state index is -0.287. The van der Waals surface area contributed by atoms with Gasteiger partial charge in [0.15, 0.2) is 0 Å². The summed E-state index contributed by atoms with van der Waals surface area (Å²) in [5.41, 5.74) is 0.590. The molecule has 1 aromatic carbocycles. The van der Waals surface area contributed by atoms with Crippen LogP contribution in [-0.2, 0) is 9.53 Å². The number of amides is 1. The van der Waals surface area contributed by atoms with Gasteiger partial charge in [-0.3, -0.25) is 9.59 Å². The zero-order valence-corrected chi connectivity index (χ0v) is 12.7. The average molecular weight is 291 g/mol. The van der Waals surface area contributed by atoms with Gasteiger partial charge in [-0.2, -0.15) is 0 Å². The fourth-order valence-electron chi connectivity index (χ4n) is 2.40. The van der Waals surface area contributed by atoms with Crippen LogP contribution in [0.4, 0.5) is 0 Å². The molecular weight excluding hydrogens is 270 g/mol. The molecule has 114 valence electrons. The third-order valence-electron chi connectivity index (χ3n) is 3.33.